The molecule has 146 valence electrons. The molecule has 0 fully saturated rings. The monoisotopic (exact) mass is 398 g/mol. The molecule has 0 aliphatic heterocycles. The largest absolute Gasteiger partial charge is 0.372 e. The lowest BCUT2D eigenvalue weighted by Gasteiger charge is -2.21. The summed E-state index contributed by atoms with van der Waals surface area (Å²) in [6, 6.07) is 13.8. The first-order valence-electron chi connectivity index (χ1n) is 8.82. The van der Waals surface area contributed by atoms with Gasteiger partial charge in [-0.1, -0.05) is 12.1 Å². The zero-order chi connectivity index (χ0) is 20.5. The van der Waals surface area contributed by atoms with E-state index in [0.717, 1.165) is 24.5 Å². The molecule has 0 bridgehead atoms. The molecular formula is C20H22N4O3S. The molecule has 0 aliphatic rings. The van der Waals surface area contributed by atoms with Gasteiger partial charge in [0.25, 0.3) is 5.69 Å². The number of nitro groups is 1. The van der Waals surface area contributed by atoms with Gasteiger partial charge in [-0.15, -0.1) is 0 Å². The van der Waals surface area contributed by atoms with Gasteiger partial charge in [0.05, 0.1) is 4.92 Å². The second kappa shape index (κ2) is 10.2. The van der Waals surface area contributed by atoms with E-state index in [1.165, 1.54) is 24.3 Å². The molecule has 7 nitrogen and oxygen atoms in total. The van der Waals surface area contributed by atoms with Crippen molar-refractivity contribution in [2.75, 3.05) is 23.3 Å². The standard InChI is InChI=1S/C20H22N4O3S/c1-3-23(4-2)17-11-9-16(10-12-17)21-20(28)22-19(25)13-8-15-6-5-7-18(14-15)24(26)27/h5-14H,3-4H2,1-2H3,(H2,21,22,25,28)/b13-8+. The summed E-state index contributed by atoms with van der Waals surface area (Å²) in [5, 5.41) is 16.4. The predicted octanol–water partition coefficient (Wildman–Crippen LogP) is 3.97. The van der Waals surface area contributed by atoms with Crippen LogP contribution in [0, 0.1) is 10.1 Å². The lowest BCUT2D eigenvalue weighted by Crippen LogP contribution is -2.32. The van der Waals surface area contributed by atoms with Crippen molar-refractivity contribution in [3.63, 3.8) is 0 Å². The molecule has 2 aromatic rings. The van der Waals surface area contributed by atoms with Crippen LogP contribution in [0.4, 0.5) is 17.1 Å². The normalized spacial score (nSPS) is 10.5. The Bertz CT molecular complexity index is 877. The van der Waals surface area contributed by atoms with Gasteiger partial charge >= 0.3 is 0 Å². The Morgan fingerprint density at radius 2 is 1.86 bits per heavy atom. The second-order valence-electron chi connectivity index (χ2n) is 5.85. The van der Waals surface area contributed by atoms with Crippen LogP contribution < -0.4 is 15.5 Å². The molecule has 0 atom stereocenters. The lowest BCUT2D eigenvalue weighted by molar-refractivity contribution is -0.384. The SMILES string of the molecule is CCN(CC)c1ccc(NC(=S)NC(=O)/C=C/c2cccc([N+](=O)[O-])c2)cc1. The topological polar surface area (TPSA) is 87.5 Å². The van der Waals surface area contributed by atoms with Gasteiger partial charge in [0, 0.05) is 42.7 Å². The van der Waals surface area contributed by atoms with Crippen LogP contribution in [-0.2, 0) is 4.79 Å². The molecule has 28 heavy (non-hydrogen) atoms. The van der Waals surface area contributed by atoms with Crippen LogP contribution in [0.3, 0.4) is 0 Å². The highest BCUT2D eigenvalue weighted by Gasteiger charge is 2.06. The number of hydrogen-bond acceptors (Lipinski definition) is 5. The molecule has 0 spiro atoms. The quantitative estimate of drug-likeness (QED) is 0.318. The highest BCUT2D eigenvalue weighted by Crippen LogP contribution is 2.17. The summed E-state index contributed by atoms with van der Waals surface area (Å²) in [5.74, 6) is -0.427. The smallest absolute Gasteiger partial charge is 0.270 e. The molecule has 0 aliphatic carbocycles. The van der Waals surface area contributed by atoms with Crippen molar-refractivity contribution in [3.05, 3.63) is 70.3 Å². The zero-order valence-corrected chi connectivity index (χ0v) is 16.5. The molecule has 0 heterocycles. The van der Waals surface area contributed by atoms with Gasteiger partial charge in [-0.2, -0.15) is 0 Å². The maximum atomic E-state index is 12.0. The van der Waals surface area contributed by atoms with Crippen molar-refractivity contribution in [3.8, 4) is 0 Å². The number of non-ortho nitro benzene ring substituents is 1. The van der Waals surface area contributed by atoms with Gasteiger partial charge in [0.2, 0.25) is 5.91 Å². The Labute approximate surface area is 169 Å². The van der Waals surface area contributed by atoms with Gasteiger partial charge in [0.15, 0.2) is 5.11 Å². The number of nitrogens with one attached hydrogen (secondary N) is 2. The third-order valence-electron chi connectivity index (χ3n) is 4.00. The summed E-state index contributed by atoms with van der Waals surface area (Å²) in [7, 11) is 0. The van der Waals surface area contributed by atoms with E-state index < -0.39 is 10.8 Å². The summed E-state index contributed by atoms with van der Waals surface area (Å²) >= 11 is 5.15. The molecule has 8 heteroatoms. The first kappa shape index (κ1) is 21.0. The Morgan fingerprint density at radius 1 is 1.18 bits per heavy atom. The number of rotatable bonds is 7. The summed E-state index contributed by atoms with van der Waals surface area (Å²) < 4.78 is 0. The first-order chi connectivity index (χ1) is 13.4. The van der Waals surface area contributed by atoms with E-state index in [-0.39, 0.29) is 10.8 Å². The Balaban J connectivity index is 1.91. The van der Waals surface area contributed by atoms with Crippen LogP contribution in [0.1, 0.15) is 19.4 Å². The maximum absolute atomic E-state index is 12.0. The Morgan fingerprint density at radius 3 is 2.46 bits per heavy atom. The number of carbonyl (C=O) groups excluding carboxylic acids is 1. The third kappa shape index (κ3) is 6.17. The van der Waals surface area contributed by atoms with Crippen molar-refractivity contribution < 1.29 is 9.72 Å². The molecule has 0 radical (unpaired) electrons. The Hall–Kier alpha value is -3.26. The number of thiocarbonyl (C=S) groups is 1. The molecule has 2 rings (SSSR count). The maximum Gasteiger partial charge on any atom is 0.270 e. The molecular weight excluding hydrogens is 376 g/mol. The number of amides is 1. The van der Waals surface area contributed by atoms with E-state index in [4.69, 9.17) is 12.2 Å². The van der Waals surface area contributed by atoms with E-state index >= 15 is 0 Å². The molecule has 0 saturated carbocycles. The van der Waals surface area contributed by atoms with Crippen molar-refractivity contribution >= 4 is 46.4 Å². The number of nitrogens with zero attached hydrogens (tertiary/aromatic N) is 2. The zero-order valence-electron chi connectivity index (χ0n) is 15.7. The van der Waals surface area contributed by atoms with Gasteiger partial charge < -0.3 is 10.2 Å². The summed E-state index contributed by atoms with van der Waals surface area (Å²) in [5.41, 5.74) is 2.40. The Kier molecular flexibility index (Phi) is 7.65. The van der Waals surface area contributed by atoms with Crippen LogP contribution in [0.15, 0.2) is 54.6 Å². The van der Waals surface area contributed by atoms with Crippen LogP contribution in [0.5, 0.6) is 0 Å². The molecule has 0 unspecified atom stereocenters. The highest BCUT2D eigenvalue weighted by molar-refractivity contribution is 7.80. The minimum Gasteiger partial charge on any atom is -0.372 e. The minimum absolute atomic E-state index is 0.0343. The number of hydrogen-bond donors (Lipinski definition) is 2. The van der Waals surface area contributed by atoms with E-state index in [2.05, 4.69) is 29.4 Å². The van der Waals surface area contributed by atoms with Crippen molar-refractivity contribution in [1.82, 2.24) is 5.32 Å². The molecule has 0 aromatic heterocycles. The summed E-state index contributed by atoms with van der Waals surface area (Å²) in [4.78, 5) is 24.5. The molecule has 2 aromatic carbocycles. The van der Waals surface area contributed by atoms with Gasteiger partial charge in [-0.3, -0.25) is 20.2 Å². The fourth-order valence-electron chi connectivity index (χ4n) is 2.57. The fourth-order valence-corrected chi connectivity index (χ4v) is 2.79. The van der Waals surface area contributed by atoms with E-state index in [9.17, 15) is 14.9 Å². The van der Waals surface area contributed by atoms with Crippen LogP contribution >= 0.6 is 12.2 Å². The van der Waals surface area contributed by atoms with Gasteiger partial charge in [-0.05, 0) is 62.0 Å². The molecule has 0 saturated heterocycles. The summed E-state index contributed by atoms with van der Waals surface area (Å²) in [6.07, 6.45) is 2.76. The summed E-state index contributed by atoms with van der Waals surface area (Å²) in [6.45, 7) is 6.05. The minimum atomic E-state index is -0.484. The van der Waals surface area contributed by atoms with Crippen molar-refractivity contribution in [2.45, 2.75) is 13.8 Å². The lowest BCUT2D eigenvalue weighted by atomic mass is 10.2. The number of carbonyl (C=O) groups is 1. The van der Waals surface area contributed by atoms with Crippen LogP contribution in [0.2, 0.25) is 0 Å². The van der Waals surface area contributed by atoms with E-state index in [1.807, 2.05) is 24.3 Å². The fraction of sp³-hybridized carbons (Fsp3) is 0.200. The van der Waals surface area contributed by atoms with E-state index in [1.54, 1.807) is 12.1 Å². The number of nitro benzene ring substituents is 1. The molecule has 1 amide bonds. The predicted molar refractivity (Wildman–Crippen MR) is 116 cm³/mol. The highest BCUT2D eigenvalue weighted by atomic mass is 32.1. The van der Waals surface area contributed by atoms with Crippen LogP contribution in [-0.4, -0.2) is 29.0 Å². The number of benzene rings is 2. The van der Waals surface area contributed by atoms with Crippen molar-refractivity contribution in [1.29, 1.82) is 0 Å². The van der Waals surface area contributed by atoms with Gasteiger partial charge in [0.1, 0.15) is 0 Å². The third-order valence-corrected chi connectivity index (χ3v) is 4.20. The number of anilines is 2. The second-order valence-corrected chi connectivity index (χ2v) is 6.26. The van der Waals surface area contributed by atoms with Crippen LogP contribution in [0.25, 0.3) is 6.08 Å². The average Bonchev–Trinajstić information content (AvgIpc) is 2.68. The van der Waals surface area contributed by atoms with Crippen molar-refractivity contribution in [2.24, 2.45) is 0 Å². The average molecular weight is 398 g/mol. The molecule has 2 N–H and O–H groups in total. The van der Waals surface area contributed by atoms with Gasteiger partial charge in [-0.25, -0.2) is 0 Å². The first-order valence-corrected chi connectivity index (χ1v) is 9.23. The van der Waals surface area contributed by atoms with E-state index in [0.29, 0.717) is 5.56 Å².